The number of aryl methyl sites for hydroxylation is 2. The van der Waals surface area contributed by atoms with Crippen LogP contribution in [0.25, 0.3) is 44.6 Å². The molecule has 10 aromatic rings. The molecular weight excluding hydrogens is 1650 g/mol. The third kappa shape index (κ3) is 20.1. The van der Waals surface area contributed by atoms with Crippen molar-refractivity contribution in [2.75, 3.05) is 13.1 Å². The van der Waals surface area contributed by atoms with E-state index >= 15 is 0 Å². The van der Waals surface area contributed by atoms with Crippen molar-refractivity contribution in [2.45, 2.75) is 234 Å². The Kier molecular flexibility index (Phi) is 28.1. The Bertz CT molecular complexity index is 5860. The van der Waals surface area contributed by atoms with Crippen molar-refractivity contribution in [2.24, 2.45) is 0 Å². The van der Waals surface area contributed by atoms with Crippen LogP contribution in [0.3, 0.4) is 0 Å². The number of rotatable bonds is 20. The van der Waals surface area contributed by atoms with Gasteiger partial charge >= 0.3 is 64.6 Å². The summed E-state index contributed by atoms with van der Waals surface area (Å²) < 4.78 is 49.6. The van der Waals surface area contributed by atoms with E-state index < -0.39 is 106 Å². The van der Waals surface area contributed by atoms with Crippen LogP contribution < -0.4 is 51.4 Å². The number of benzene rings is 6. The van der Waals surface area contributed by atoms with Crippen LogP contribution in [0.4, 0.5) is 9.59 Å². The standard InChI is InChI=1S/C45H49N3O8Si.C38H38N2O5Si.C8H14O4.C7H13NO4/c1-9-31-32-23-28(56-57(44(6,7)8,29-17-13-11-14-18-29)30-19-15-12-16-20-30)21-22-36(32)47-39-33(31)26-48-37(39)24-35-34(40(48)50)27-53-41(51)45(35,10-2)54-38(49)25-46-42(52)55-43(3,4)5;1-6-27-28-20-24(45-46(37(3,4)5,25-14-10-8-11-15-25)26-16-12-9-13-17-26)18-19-32(28)39-34-29(27)22-40-33(34)21-31-30(35(40)41)23-44-36(42)38(31,43)7-2;1-8(2,3)12-7(11)5-4-6(9)10;1-7(2,3)12-6(11)8-4-5(9)10/h11-24H,9-10,25-27H2,1-8H3,(H,46,52);8-21,43H,6-7,22-23H2,1-5H3;4-5H2,1-3H3,(H,9,10);4H2,1-3H3,(H,8,11)(H,9,10)/t45-;38-;;/m00../s1. The van der Waals surface area contributed by atoms with Crippen LogP contribution in [0.5, 0.6) is 11.5 Å². The number of carbonyl (C=O) groups excluding carboxylic acids is 6. The zero-order chi connectivity index (χ0) is 92.9. The summed E-state index contributed by atoms with van der Waals surface area (Å²) in [6.45, 7) is 35.8. The van der Waals surface area contributed by atoms with Crippen molar-refractivity contribution in [1.29, 1.82) is 0 Å². The van der Waals surface area contributed by atoms with Crippen molar-refractivity contribution in [3.05, 3.63) is 235 Å². The molecule has 2 amide bonds. The molecule has 0 saturated heterocycles. The number of esters is 4. The van der Waals surface area contributed by atoms with Crippen LogP contribution >= 0.6 is 0 Å². The molecule has 29 heteroatoms. The molecule has 0 saturated carbocycles. The zero-order valence-electron chi connectivity index (χ0n) is 75.6. The molecule has 0 fully saturated rings. The number of aromatic nitrogens is 4. The SMILES string of the molecule is CC(C)(C)OC(=O)CCC(=O)O.CC(C)(C)OC(=O)NCC(=O)O.CCc1c2c(nc3ccc(O[Si](c4ccccc4)(c4ccccc4)C(C)(C)C)cc13)-c1cc3c(c(=O)n1C2)COC(=O)[C@@]3(CC)OC(=O)CNC(=O)OC(C)(C)C.CCc1c2c(nc3ccc(O[Si](c4ccccc4)(c4ccccc4)C(C)(C)C)cc13)-c1cc3c(c(=O)n1C2)COC(=O)[C@]3(O)CC. The third-order valence-electron chi connectivity index (χ3n) is 22.4. The maximum absolute atomic E-state index is 14.3. The summed E-state index contributed by atoms with van der Waals surface area (Å²) in [4.78, 5) is 132. The second-order valence-electron chi connectivity index (χ2n) is 36.7. The number of carboxylic acids is 2. The maximum Gasteiger partial charge on any atom is 0.408 e. The predicted molar refractivity (Wildman–Crippen MR) is 487 cm³/mol. The summed E-state index contributed by atoms with van der Waals surface area (Å²) in [6, 6.07) is 57.8. The molecule has 6 aromatic carbocycles. The minimum atomic E-state index is -2.92. The van der Waals surface area contributed by atoms with Crippen LogP contribution in [0.1, 0.15) is 202 Å². The van der Waals surface area contributed by atoms with Crippen LogP contribution in [-0.4, -0.2) is 129 Å². The minimum Gasteiger partial charge on any atom is -0.534 e. The van der Waals surface area contributed by atoms with Gasteiger partial charge in [-0.3, -0.25) is 28.8 Å². The van der Waals surface area contributed by atoms with Crippen LogP contribution in [-0.2, 0) is 108 Å². The molecule has 4 aliphatic rings. The molecule has 0 radical (unpaired) electrons. The predicted octanol–water partition coefficient (Wildman–Crippen LogP) is 14.0. The van der Waals surface area contributed by atoms with E-state index in [9.17, 15) is 53.1 Å². The number of aliphatic hydroxyl groups is 1. The number of hydrogen-bond acceptors (Lipinski definition) is 21. The van der Waals surface area contributed by atoms with Gasteiger partial charge in [-0.15, -0.1) is 0 Å². The summed E-state index contributed by atoms with van der Waals surface area (Å²) >= 11 is 0. The van der Waals surface area contributed by atoms with Gasteiger partial charge in [-0.1, -0.05) is 191 Å². The first-order valence-electron chi connectivity index (χ1n) is 42.6. The number of hydrogen-bond donors (Lipinski definition) is 5. The second-order valence-corrected chi connectivity index (χ2v) is 45.1. The lowest BCUT2D eigenvalue weighted by atomic mass is 9.85. The zero-order valence-corrected chi connectivity index (χ0v) is 77.6. The Morgan fingerprint density at radius 2 is 0.827 bits per heavy atom. The van der Waals surface area contributed by atoms with Gasteiger partial charge in [-0.05, 0) is 178 Å². The normalized spacial score (nSPS) is 15.6. The molecular formula is C98H114N6O21Si2. The van der Waals surface area contributed by atoms with Crippen molar-refractivity contribution < 1.29 is 90.9 Å². The molecule has 4 aromatic heterocycles. The molecule has 0 bridgehead atoms. The number of aliphatic carboxylic acids is 2. The first kappa shape index (κ1) is 95.1. The number of carboxylic acid groups (broad SMARTS) is 2. The van der Waals surface area contributed by atoms with Crippen molar-refractivity contribution in [3.63, 3.8) is 0 Å². The molecule has 5 N–H and O–H groups in total. The summed E-state index contributed by atoms with van der Waals surface area (Å²) in [6.07, 6.45) is -0.273. The fraction of sp³-hybridized carbons (Fsp3) is 0.388. The second kappa shape index (κ2) is 37.5. The fourth-order valence-corrected chi connectivity index (χ4v) is 25.6. The number of fused-ring (bicyclic) bond motifs is 10. The quantitative estimate of drug-likeness (QED) is 0.0269. The van der Waals surface area contributed by atoms with Gasteiger partial charge in [0.1, 0.15) is 54.6 Å². The van der Waals surface area contributed by atoms with Gasteiger partial charge in [0.15, 0.2) is 5.60 Å². The highest BCUT2D eigenvalue weighted by Gasteiger charge is 2.55. The topological polar surface area (TPSA) is 365 Å². The first-order valence-corrected chi connectivity index (χ1v) is 46.4. The Labute approximate surface area is 740 Å². The molecule has 14 rings (SSSR count). The van der Waals surface area contributed by atoms with Crippen LogP contribution in [0.15, 0.2) is 179 Å². The Morgan fingerprint density at radius 3 is 1.18 bits per heavy atom. The van der Waals surface area contributed by atoms with Gasteiger partial charge in [0.05, 0.1) is 70.9 Å². The van der Waals surface area contributed by atoms with E-state index in [0.717, 1.165) is 62.0 Å². The van der Waals surface area contributed by atoms with Gasteiger partial charge in [0.25, 0.3) is 11.1 Å². The largest absolute Gasteiger partial charge is 0.534 e. The van der Waals surface area contributed by atoms with Crippen molar-refractivity contribution >= 4 is 107 Å². The number of carbonyl (C=O) groups is 8. The van der Waals surface area contributed by atoms with Crippen molar-refractivity contribution in [3.8, 4) is 34.3 Å². The molecule has 0 spiro atoms. The van der Waals surface area contributed by atoms with Crippen LogP contribution in [0, 0.1) is 0 Å². The third-order valence-corrected chi connectivity index (χ3v) is 32.3. The molecule has 2 atom stereocenters. The van der Waals surface area contributed by atoms with E-state index in [1.165, 1.54) is 20.7 Å². The monoisotopic (exact) mass is 1770 g/mol. The van der Waals surface area contributed by atoms with E-state index in [1.54, 1.807) is 97.4 Å². The van der Waals surface area contributed by atoms with Gasteiger partial charge in [-0.25, -0.2) is 29.1 Å². The summed E-state index contributed by atoms with van der Waals surface area (Å²) in [5, 5.41) is 38.4. The number of alkyl carbamates (subject to hydrolysis) is 2. The van der Waals surface area contributed by atoms with Crippen LogP contribution in [0.2, 0.25) is 10.1 Å². The average Bonchev–Trinajstić information content (AvgIpc) is 1.57. The van der Waals surface area contributed by atoms with E-state index in [1.807, 2.05) is 48.5 Å². The van der Waals surface area contributed by atoms with Gasteiger partial charge in [0, 0.05) is 33.0 Å². The molecule has 4 aliphatic heterocycles. The summed E-state index contributed by atoms with van der Waals surface area (Å²) in [5.74, 6) is -3.43. The molecule has 0 unspecified atom stereocenters. The molecule has 127 heavy (non-hydrogen) atoms. The molecule has 8 heterocycles. The van der Waals surface area contributed by atoms with E-state index in [0.29, 0.717) is 46.9 Å². The highest BCUT2D eigenvalue weighted by Crippen LogP contribution is 2.47. The van der Waals surface area contributed by atoms with E-state index in [4.69, 9.17) is 57.5 Å². The Balaban J connectivity index is 0.000000198. The number of ether oxygens (including phenoxy) is 6. The average molecular weight is 1770 g/mol. The lowest BCUT2D eigenvalue weighted by Gasteiger charge is -2.43. The molecule has 670 valence electrons. The first-order chi connectivity index (χ1) is 59.7. The summed E-state index contributed by atoms with van der Waals surface area (Å²) in [7, 11) is -5.78. The maximum atomic E-state index is 14.3. The molecule has 27 nitrogen and oxygen atoms in total. The fourth-order valence-electron chi connectivity index (χ4n) is 16.8. The Hall–Kier alpha value is -12.6. The number of nitrogens with zero attached hydrogens (tertiary/aromatic N) is 4. The molecule has 0 aliphatic carbocycles. The van der Waals surface area contributed by atoms with Gasteiger partial charge in [0.2, 0.25) is 5.60 Å². The highest BCUT2D eigenvalue weighted by atomic mass is 28.4. The summed E-state index contributed by atoms with van der Waals surface area (Å²) in [5.41, 5.74) is 2.88. The number of amides is 2. The lowest BCUT2D eigenvalue weighted by molar-refractivity contribution is -0.188. The van der Waals surface area contributed by atoms with Crippen molar-refractivity contribution in [1.82, 2.24) is 29.7 Å². The van der Waals surface area contributed by atoms with E-state index in [2.05, 4.69) is 175 Å². The number of cyclic esters (lactones) is 2. The van der Waals surface area contributed by atoms with Gasteiger partial charge in [-0.2, -0.15) is 0 Å². The Morgan fingerprint density at radius 1 is 0.449 bits per heavy atom. The van der Waals surface area contributed by atoms with Gasteiger partial charge < -0.3 is 72.4 Å². The smallest absolute Gasteiger partial charge is 0.408 e. The number of nitrogens with one attached hydrogen (secondary N) is 2. The highest BCUT2D eigenvalue weighted by molar-refractivity contribution is 7.00. The lowest BCUT2D eigenvalue weighted by Crippen LogP contribution is -2.68. The van der Waals surface area contributed by atoms with E-state index in [-0.39, 0.29) is 77.8 Å². The minimum absolute atomic E-state index is 0.00771. The number of pyridine rings is 4.